The number of nitrogens with zero attached hydrogens (tertiary/aromatic N) is 2. The number of methoxy groups -OCH3 is 2. The Hall–Kier alpha value is -3.98. The van der Waals surface area contributed by atoms with Crippen molar-refractivity contribution < 1.29 is 28.5 Å². The molecule has 0 saturated heterocycles. The van der Waals surface area contributed by atoms with Crippen molar-refractivity contribution >= 4 is 32.6 Å². The van der Waals surface area contributed by atoms with Gasteiger partial charge in [0.2, 0.25) is 5.75 Å². The van der Waals surface area contributed by atoms with Gasteiger partial charge < -0.3 is 23.7 Å². The van der Waals surface area contributed by atoms with Crippen LogP contribution in [0.4, 0.5) is 5.13 Å². The van der Waals surface area contributed by atoms with Crippen molar-refractivity contribution in [3.05, 3.63) is 65.7 Å². The maximum atomic E-state index is 14.2. The number of hydrogen-bond acceptors (Lipinski definition) is 8. The number of ether oxygens (including phenoxy) is 5. The minimum atomic E-state index is -0.254. The molecule has 0 atom stereocenters. The number of carbonyl (C=O) groups is 1. The maximum absolute atomic E-state index is 14.2. The topological polar surface area (TPSA) is 79.4 Å². The molecule has 0 unspecified atom stereocenters. The summed E-state index contributed by atoms with van der Waals surface area (Å²) in [6.45, 7) is 7.22. The Balaban J connectivity index is 1.86. The number of aromatic nitrogens is 1. The molecular weight excluding hydrogens is 504 g/mol. The zero-order valence-electron chi connectivity index (χ0n) is 22.3. The van der Waals surface area contributed by atoms with Crippen LogP contribution in [0.15, 0.2) is 54.6 Å². The predicted molar refractivity (Wildman–Crippen MR) is 150 cm³/mol. The lowest BCUT2D eigenvalue weighted by Crippen LogP contribution is -2.30. The highest BCUT2D eigenvalue weighted by atomic mass is 32.1. The molecule has 0 N–H and O–H groups in total. The molecular formula is C29H32N2O6S. The summed E-state index contributed by atoms with van der Waals surface area (Å²) in [5, 5.41) is 0.515. The van der Waals surface area contributed by atoms with Crippen LogP contribution in [0.5, 0.6) is 28.7 Å². The number of benzene rings is 3. The van der Waals surface area contributed by atoms with Crippen LogP contribution in [0.25, 0.3) is 10.2 Å². The van der Waals surface area contributed by atoms with E-state index in [0.29, 0.717) is 71.3 Å². The highest BCUT2D eigenvalue weighted by molar-refractivity contribution is 7.22. The van der Waals surface area contributed by atoms with E-state index in [0.717, 1.165) is 10.3 Å². The molecule has 4 rings (SSSR count). The lowest BCUT2D eigenvalue weighted by Gasteiger charge is -2.22. The van der Waals surface area contributed by atoms with Crippen molar-refractivity contribution in [2.45, 2.75) is 27.3 Å². The Bertz CT molecular complexity index is 1320. The summed E-state index contributed by atoms with van der Waals surface area (Å²) in [4.78, 5) is 20.7. The van der Waals surface area contributed by atoms with Gasteiger partial charge in [-0.3, -0.25) is 9.69 Å². The quantitative estimate of drug-likeness (QED) is 0.209. The second-order valence-corrected chi connectivity index (χ2v) is 9.10. The maximum Gasteiger partial charge on any atom is 0.260 e. The van der Waals surface area contributed by atoms with Crippen LogP contribution in [0.1, 0.15) is 36.7 Å². The van der Waals surface area contributed by atoms with Crippen molar-refractivity contribution in [3.63, 3.8) is 0 Å². The molecule has 0 bridgehead atoms. The van der Waals surface area contributed by atoms with E-state index in [9.17, 15) is 4.79 Å². The van der Waals surface area contributed by atoms with Crippen molar-refractivity contribution in [2.24, 2.45) is 0 Å². The van der Waals surface area contributed by atoms with Gasteiger partial charge >= 0.3 is 0 Å². The van der Waals surface area contributed by atoms with Crippen LogP contribution in [0.3, 0.4) is 0 Å². The second kappa shape index (κ2) is 12.5. The van der Waals surface area contributed by atoms with E-state index in [1.807, 2.05) is 63.2 Å². The van der Waals surface area contributed by atoms with Gasteiger partial charge in [-0.25, -0.2) is 4.98 Å². The molecule has 8 nitrogen and oxygen atoms in total. The molecule has 1 heterocycles. The smallest absolute Gasteiger partial charge is 0.260 e. The van der Waals surface area contributed by atoms with Gasteiger partial charge in [0.1, 0.15) is 21.7 Å². The molecule has 3 aromatic carbocycles. The van der Waals surface area contributed by atoms with Crippen molar-refractivity contribution in [1.82, 2.24) is 4.98 Å². The fraction of sp³-hybridized carbons (Fsp3) is 0.310. The minimum Gasteiger partial charge on any atom is -0.495 e. The number of amides is 1. The summed E-state index contributed by atoms with van der Waals surface area (Å²) in [6.07, 6.45) is 0. The van der Waals surface area contributed by atoms with Crippen LogP contribution in [-0.4, -0.2) is 44.9 Å². The van der Waals surface area contributed by atoms with Crippen molar-refractivity contribution in [3.8, 4) is 28.7 Å². The number of anilines is 1. The highest BCUT2D eigenvalue weighted by Gasteiger charge is 2.27. The number of hydrogen-bond donors (Lipinski definition) is 0. The Morgan fingerprint density at radius 1 is 0.816 bits per heavy atom. The zero-order chi connectivity index (χ0) is 27.1. The van der Waals surface area contributed by atoms with Crippen LogP contribution in [0.2, 0.25) is 0 Å². The van der Waals surface area contributed by atoms with Crippen LogP contribution in [0, 0.1) is 0 Å². The summed E-state index contributed by atoms with van der Waals surface area (Å²) in [5.74, 6) is 2.41. The first-order chi connectivity index (χ1) is 18.5. The third-order valence-electron chi connectivity index (χ3n) is 5.71. The van der Waals surface area contributed by atoms with E-state index >= 15 is 0 Å². The second-order valence-electron chi connectivity index (χ2n) is 8.12. The SMILES string of the molecule is CCOc1cc(C(=O)N(Cc2ccccc2)c2nc3c(OC)ccc(OC)c3s2)cc(OCC)c1OCC. The minimum absolute atomic E-state index is 0.254. The Morgan fingerprint density at radius 3 is 2.00 bits per heavy atom. The van der Waals surface area contributed by atoms with E-state index in [4.69, 9.17) is 28.7 Å². The molecule has 1 aromatic heterocycles. The van der Waals surface area contributed by atoms with Crippen LogP contribution >= 0.6 is 11.3 Å². The fourth-order valence-electron chi connectivity index (χ4n) is 4.05. The first kappa shape index (κ1) is 27.1. The lowest BCUT2D eigenvalue weighted by molar-refractivity contribution is 0.0984. The lowest BCUT2D eigenvalue weighted by atomic mass is 10.1. The first-order valence-electron chi connectivity index (χ1n) is 12.5. The van der Waals surface area contributed by atoms with E-state index in [-0.39, 0.29) is 5.91 Å². The van der Waals surface area contributed by atoms with Gasteiger partial charge in [-0.05, 0) is 50.6 Å². The van der Waals surface area contributed by atoms with Gasteiger partial charge in [-0.2, -0.15) is 0 Å². The van der Waals surface area contributed by atoms with Crippen LogP contribution in [-0.2, 0) is 6.54 Å². The third-order valence-corrected chi connectivity index (χ3v) is 6.81. The fourth-order valence-corrected chi connectivity index (χ4v) is 5.12. The van der Waals surface area contributed by atoms with E-state index in [1.54, 1.807) is 31.3 Å². The number of carbonyl (C=O) groups excluding carboxylic acids is 1. The van der Waals surface area contributed by atoms with Gasteiger partial charge in [0, 0.05) is 5.56 Å². The monoisotopic (exact) mass is 536 g/mol. The number of fused-ring (bicyclic) bond motifs is 1. The summed E-state index contributed by atoms with van der Waals surface area (Å²) >= 11 is 1.37. The number of rotatable bonds is 12. The predicted octanol–water partition coefficient (Wildman–Crippen LogP) is 6.36. The molecule has 0 radical (unpaired) electrons. The molecule has 9 heteroatoms. The molecule has 0 aliphatic heterocycles. The average Bonchev–Trinajstić information content (AvgIpc) is 3.38. The Kier molecular flexibility index (Phi) is 8.91. The normalized spacial score (nSPS) is 10.8. The summed E-state index contributed by atoms with van der Waals surface area (Å²) in [5.41, 5.74) is 1.99. The van der Waals surface area contributed by atoms with Crippen LogP contribution < -0.4 is 28.6 Å². The molecule has 4 aromatic rings. The van der Waals surface area contributed by atoms with Gasteiger partial charge in [0.25, 0.3) is 5.91 Å². The Labute approximate surface area is 226 Å². The van der Waals surface area contributed by atoms with Gasteiger partial charge in [0.05, 0.1) is 40.6 Å². The highest BCUT2D eigenvalue weighted by Crippen LogP contribution is 2.42. The van der Waals surface area contributed by atoms with E-state index in [1.165, 1.54) is 11.3 Å². The van der Waals surface area contributed by atoms with Gasteiger partial charge in [0.15, 0.2) is 16.6 Å². The molecule has 0 spiro atoms. The molecule has 0 fully saturated rings. The standard InChI is InChI=1S/C29H32N2O6S/c1-6-35-23-16-20(17-24(36-7-2)26(23)37-8-3)28(32)31(18-19-12-10-9-11-13-19)29-30-25-21(33-4)14-15-22(34-5)27(25)38-29/h9-17H,6-8,18H2,1-5H3. The molecule has 0 saturated carbocycles. The van der Waals surface area contributed by atoms with Gasteiger partial charge in [-0.15, -0.1) is 0 Å². The summed E-state index contributed by atoms with van der Waals surface area (Å²) in [6, 6.07) is 16.8. The first-order valence-corrected chi connectivity index (χ1v) is 13.3. The number of thiazole rings is 1. The Morgan fingerprint density at radius 2 is 1.42 bits per heavy atom. The molecule has 200 valence electrons. The zero-order valence-corrected chi connectivity index (χ0v) is 23.1. The summed E-state index contributed by atoms with van der Waals surface area (Å²) in [7, 11) is 3.20. The molecule has 0 aliphatic carbocycles. The van der Waals surface area contributed by atoms with E-state index < -0.39 is 0 Å². The van der Waals surface area contributed by atoms with Gasteiger partial charge in [-0.1, -0.05) is 41.7 Å². The van der Waals surface area contributed by atoms with Crippen molar-refractivity contribution in [1.29, 1.82) is 0 Å². The summed E-state index contributed by atoms with van der Waals surface area (Å²) < 4.78 is 29.5. The molecule has 1 amide bonds. The average molecular weight is 537 g/mol. The molecule has 38 heavy (non-hydrogen) atoms. The largest absolute Gasteiger partial charge is 0.495 e. The van der Waals surface area contributed by atoms with E-state index in [2.05, 4.69) is 0 Å². The third kappa shape index (κ3) is 5.62. The molecule has 0 aliphatic rings. The van der Waals surface area contributed by atoms with Crippen molar-refractivity contribution in [2.75, 3.05) is 38.9 Å².